The zero-order chi connectivity index (χ0) is 21.3. The van der Waals surface area contributed by atoms with Gasteiger partial charge in [0.2, 0.25) is 5.91 Å². The number of benzene rings is 2. The van der Waals surface area contributed by atoms with Gasteiger partial charge in [-0.1, -0.05) is 18.2 Å². The summed E-state index contributed by atoms with van der Waals surface area (Å²) in [7, 11) is 1.61. The summed E-state index contributed by atoms with van der Waals surface area (Å²) < 4.78 is 0. The van der Waals surface area contributed by atoms with Gasteiger partial charge in [-0.05, 0) is 41.8 Å². The molecule has 0 radical (unpaired) electrons. The monoisotopic (exact) mass is 406 g/mol. The molecule has 30 heavy (non-hydrogen) atoms. The van der Waals surface area contributed by atoms with Crippen LogP contribution in [0, 0.1) is 0 Å². The molecule has 0 fully saturated rings. The predicted octanol–water partition coefficient (Wildman–Crippen LogP) is 2.41. The lowest BCUT2D eigenvalue weighted by Gasteiger charge is -2.26. The van der Waals surface area contributed by atoms with Crippen LogP contribution in [0.5, 0.6) is 0 Å². The first-order valence-electron chi connectivity index (χ1n) is 9.74. The first kappa shape index (κ1) is 19.6. The number of hydrogen-bond acceptors (Lipinski definition) is 4. The molecule has 0 spiro atoms. The molecule has 8 heteroatoms. The van der Waals surface area contributed by atoms with Crippen molar-refractivity contribution < 1.29 is 19.5 Å². The molecule has 3 aromatic rings. The minimum absolute atomic E-state index is 0.103. The van der Waals surface area contributed by atoms with Gasteiger partial charge in [0.1, 0.15) is 5.82 Å². The van der Waals surface area contributed by atoms with Crippen LogP contribution in [-0.2, 0) is 22.6 Å². The molecular formula is C22H22N4O4. The van der Waals surface area contributed by atoms with Gasteiger partial charge in [0.05, 0.1) is 30.0 Å². The van der Waals surface area contributed by atoms with Crippen LogP contribution < -0.4 is 5.32 Å². The number of nitrogens with one attached hydrogen (secondary N) is 2. The average Bonchev–Trinajstić information content (AvgIpc) is 3.12. The Kier molecular flexibility index (Phi) is 5.22. The van der Waals surface area contributed by atoms with Crippen LogP contribution in [0.4, 0.5) is 0 Å². The van der Waals surface area contributed by atoms with Crippen molar-refractivity contribution >= 4 is 28.8 Å². The minimum Gasteiger partial charge on any atom is -0.481 e. The summed E-state index contributed by atoms with van der Waals surface area (Å²) in [5, 5.41) is 12.2. The minimum atomic E-state index is -0.993. The van der Waals surface area contributed by atoms with Gasteiger partial charge in [0.25, 0.3) is 5.91 Å². The smallest absolute Gasteiger partial charge is 0.305 e. The van der Waals surface area contributed by atoms with Crippen LogP contribution in [0.25, 0.3) is 11.0 Å². The van der Waals surface area contributed by atoms with Crippen LogP contribution in [0.15, 0.2) is 42.5 Å². The highest BCUT2D eigenvalue weighted by molar-refractivity contribution is 5.94. The van der Waals surface area contributed by atoms with Crippen LogP contribution in [0.1, 0.15) is 46.2 Å². The van der Waals surface area contributed by atoms with Crippen LogP contribution in [0.2, 0.25) is 0 Å². The topological polar surface area (TPSA) is 115 Å². The Morgan fingerprint density at radius 3 is 2.80 bits per heavy atom. The molecule has 1 aliphatic rings. The van der Waals surface area contributed by atoms with Crippen molar-refractivity contribution in [2.75, 3.05) is 7.05 Å². The first-order chi connectivity index (χ1) is 14.4. The number of carbonyl (C=O) groups is 3. The zero-order valence-electron chi connectivity index (χ0n) is 16.5. The Labute approximate surface area is 172 Å². The standard InChI is InChI=1S/C22H22N4O4/c1-26-18(11-21(28)29)15-10-14(7-6-13(15)8-9-20(26)27)22(30)23-12-19-24-16-4-2-3-5-17(16)25-19/h2-7,10,18H,8-9,11-12H2,1H3,(H,23,30)(H,24,25)(H,28,29). The van der Waals surface area contributed by atoms with E-state index in [1.165, 1.54) is 4.90 Å². The highest BCUT2D eigenvalue weighted by Crippen LogP contribution is 2.32. The maximum Gasteiger partial charge on any atom is 0.305 e. The number of aromatic amines is 1. The molecular weight excluding hydrogens is 384 g/mol. The fourth-order valence-electron chi connectivity index (χ4n) is 3.84. The molecule has 2 heterocycles. The van der Waals surface area contributed by atoms with Gasteiger partial charge in [-0.3, -0.25) is 14.4 Å². The van der Waals surface area contributed by atoms with E-state index in [-0.39, 0.29) is 24.8 Å². The number of imidazole rings is 1. The molecule has 1 atom stereocenters. The number of para-hydroxylation sites is 2. The molecule has 0 bridgehead atoms. The summed E-state index contributed by atoms with van der Waals surface area (Å²) in [4.78, 5) is 45.4. The first-order valence-corrected chi connectivity index (χ1v) is 9.74. The predicted molar refractivity (Wildman–Crippen MR) is 110 cm³/mol. The second kappa shape index (κ2) is 7.98. The summed E-state index contributed by atoms with van der Waals surface area (Å²) >= 11 is 0. The largest absolute Gasteiger partial charge is 0.481 e. The summed E-state index contributed by atoms with van der Waals surface area (Å²) in [5.41, 5.74) is 3.75. The Morgan fingerprint density at radius 1 is 1.23 bits per heavy atom. The number of rotatable bonds is 5. The highest BCUT2D eigenvalue weighted by Gasteiger charge is 2.30. The van der Waals surface area contributed by atoms with Crippen LogP contribution in [0.3, 0.4) is 0 Å². The number of aryl methyl sites for hydroxylation is 1. The van der Waals surface area contributed by atoms with E-state index in [4.69, 9.17) is 0 Å². The maximum atomic E-state index is 12.7. The molecule has 1 aromatic heterocycles. The summed E-state index contributed by atoms with van der Waals surface area (Å²) in [6, 6.07) is 12.2. The van der Waals surface area contributed by atoms with E-state index in [9.17, 15) is 19.5 Å². The molecule has 4 rings (SSSR count). The van der Waals surface area contributed by atoms with E-state index in [0.29, 0.717) is 29.8 Å². The molecule has 0 saturated heterocycles. The van der Waals surface area contributed by atoms with Crippen molar-refractivity contribution in [2.45, 2.75) is 31.8 Å². The molecule has 1 unspecified atom stereocenters. The SMILES string of the molecule is CN1C(=O)CCc2ccc(C(=O)NCc3nc4ccccc4[nH]3)cc2C1CC(=O)O. The number of aliphatic carboxylic acids is 1. The number of H-pyrrole nitrogens is 1. The highest BCUT2D eigenvalue weighted by atomic mass is 16.4. The van der Waals surface area contributed by atoms with Crippen molar-refractivity contribution in [1.82, 2.24) is 20.2 Å². The normalized spacial score (nSPS) is 16.2. The van der Waals surface area contributed by atoms with Gasteiger partial charge >= 0.3 is 5.97 Å². The number of carboxylic acid groups (broad SMARTS) is 1. The number of amides is 2. The van der Waals surface area contributed by atoms with E-state index >= 15 is 0 Å². The van der Waals surface area contributed by atoms with Gasteiger partial charge in [-0.2, -0.15) is 0 Å². The molecule has 1 aliphatic heterocycles. The van der Waals surface area contributed by atoms with Crippen molar-refractivity contribution in [1.29, 1.82) is 0 Å². The Morgan fingerprint density at radius 2 is 2.03 bits per heavy atom. The van der Waals surface area contributed by atoms with E-state index in [2.05, 4.69) is 15.3 Å². The number of fused-ring (bicyclic) bond motifs is 2. The van der Waals surface area contributed by atoms with Gasteiger partial charge in [-0.15, -0.1) is 0 Å². The Hall–Kier alpha value is -3.68. The zero-order valence-corrected chi connectivity index (χ0v) is 16.5. The van der Waals surface area contributed by atoms with Gasteiger partial charge < -0.3 is 20.3 Å². The van der Waals surface area contributed by atoms with Crippen molar-refractivity contribution in [2.24, 2.45) is 0 Å². The number of hydrogen-bond donors (Lipinski definition) is 3. The van der Waals surface area contributed by atoms with E-state index in [0.717, 1.165) is 16.6 Å². The van der Waals surface area contributed by atoms with Crippen LogP contribution in [-0.4, -0.2) is 44.8 Å². The molecule has 0 saturated carbocycles. The van der Waals surface area contributed by atoms with Crippen molar-refractivity contribution in [3.05, 3.63) is 65.0 Å². The third-order valence-electron chi connectivity index (χ3n) is 5.46. The second-order valence-electron chi connectivity index (χ2n) is 7.42. The molecule has 3 N–H and O–H groups in total. The van der Waals surface area contributed by atoms with Gasteiger partial charge in [0, 0.05) is 19.0 Å². The van der Waals surface area contributed by atoms with Crippen LogP contribution >= 0.6 is 0 Å². The third-order valence-corrected chi connectivity index (χ3v) is 5.46. The van der Waals surface area contributed by atoms with Crippen molar-refractivity contribution in [3.63, 3.8) is 0 Å². The molecule has 0 aliphatic carbocycles. The van der Waals surface area contributed by atoms with Gasteiger partial charge in [-0.25, -0.2) is 4.98 Å². The molecule has 2 amide bonds. The molecule has 8 nitrogen and oxygen atoms in total. The van der Waals surface area contributed by atoms with E-state index in [1.807, 2.05) is 30.3 Å². The third kappa shape index (κ3) is 3.89. The molecule has 154 valence electrons. The number of nitrogens with zero attached hydrogens (tertiary/aromatic N) is 2. The number of carboxylic acids is 1. The number of aromatic nitrogens is 2. The number of carbonyl (C=O) groups excluding carboxylic acids is 2. The van der Waals surface area contributed by atoms with Crippen molar-refractivity contribution in [3.8, 4) is 0 Å². The lowest BCUT2D eigenvalue weighted by molar-refractivity contribution is -0.140. The Balaban J connectivity index is 1.55. The maximum absolute atomic E-state index is 12.7. The summed E-state index contributed by atoms with van der Waals surface area (Å²) in [6.07, 6.45) is 0.631. The summed E-state index contributed by atoms with van der Waals surface area (Å²) in [5.74, 6) is -0.737. The van der Waals surface area contributed by atoms with E-state index in [1.54, 1.807) is 19.2 Å². The Bertz CT molecular complexity index is 1100. The second-order valence-corrected chi connectivity index (χ2v) is 7.42. The average molecular weight is 406 g/mol. The quantitative estimate of drug-likeness (QED) is 0.602. The van der Waals surface area contributed by atoms with Gasteiger partial charge in [0.15, 0.2) is 0 Å². The summed E-state index contributed by atoms with van der Waals surface area (Å²) in [6.45, 7) is 0.238. The fourth-order valence-corrected chi connectivity index (χ4v) is 3.84. The lowest BCUT2D eigenvalue weighted by atomic mass is 9.94. The van der Waals surface area contributed by atoms with E-state index < -0.39 is 12.0 Å². The molecule has 2 aromatic carbocycles. The lowest BCUT2D eigenvalue weighted by Crippen LogP contribution is -2.31. The fraction of sp³-hybridized carbons (Fsp3) is 0.273.